The third-order valence-corrected chi connectivity index (χ3v) is 6.25. The number of hydrogen-bond acceptors (Lipinski definition) is 5. The predicted octanol–water partition coefficient (Wildman–Crippen LogP) is 2.86. The maximum absolute atomic E-state index is 12.8. The molecule has 1 aliphatic rings. The smallest absolute Gasteiger partial charge is 0.258 e. The summed E-state index contributed by atoms with van der Waals surface area (Å²) in [6, 6.07) is 15.1. The molecule has 8 nitrogen and oxygen atoms in total. The van der Waals surface area contributed by atoms with E-state index in [1.807, 2.05) is 60.4 Å². The summed E-state index contributed by atoms with van der Waals surface area (Å²) in [5.74, 6) is 0.0505. The number of pyridine rings is 1. The number of carbonyl (C=O) groups excluding carboxylic acids is 1. The van der Waals surface area contributed by atoms with Gasteiger partial charge in [-0.25, -0.2) is 4.68 Å². The van der Waals surface area contributed by atoms with Crippen LogP contribution in [0.15, 0.2) is 59.5 Å². The van der Waals surface area contributed by atoms with Gasteiger partial charge in [-0.2, -0.15) is 0 Å². The topological polar surface area (TPSA) is 87.1 Å². The molecule has 2 aromatic carbocycles. The van der Waals surface area contributed by atoms with Crippen LogP contribution in [-0.2, 0) is 0 Å². The van der Waals surface area contributed by atoms with Crippen molar-refractivity contribution >= 4 is 16.8 Å². The largest absolute Gasteiger partial charge is 0.336 e. The van der Waals surface area contributed by atoms with E-state index in [-0.39, 0.29) is 11.5 Å². The number of hydrogen-bond donors (Lipinski definition) is 1. The van der Waals surface area contributed by atoms with Crippen molar-refractivity contribution in [3.05, 3.63) is 76.2 Å². The van der Waals surface area contributed by atoms with Gasteiger partial charge in [0.25, 0.3) is 11.5 Å². The van der Waals surface area contributed by atoms with Gasteiger partial charge in [0.05, 0.1) is 17.4 Å². The molecule has 33 heavy (non-hydrogen) atoms. The summed E-state index contributed by atoms with van der Waals surface area (Å²) in [6.07, 6.45) is 1.73. The number of rotatable bonds is 4. The fourth-order valence-electron chi connectivity index (χ4n) is 4.24. The average Bonchev–Trinajstić information content (AvgIpc) is 3.33. The summed E-state index contributed by atoms with van der Waals surface area (Å²) in [4.78, 5) is 32.6. The number of carbonyl (C=O) groups is 1. The maximum atomic E-state index is 12.8. The first kappa shape index (κ1) is 21.1. The second kappa shape index (κ2) is 8.63. The molecule has 0 saturated carbocycles. The quantitative estimate of drug-likeness (QED) is 0.525. The zero-order chi connectivity index (χ0) is 22.9. The first-order chi connectivity index (χ1) is 16.0. The van der Waals surface area contributed by atoms with E-state index in [1.165, 1.54) is 0 Å². The zero-order valence-corrected chi connectivity index (χ0v) is 18.8. The average molecular weight is 443 g/mol. The number of nitrogens with one attached hydrogen (secondary N) is 1. The van der Waals surface area contributed by atoms with Crippen LogP contribution in [0.3, 0.4) is 0 Å². The molecule has 0 unspecified atom stereocenters. The van der Waals surface area contributed by atoms with Crippen molar-refractivity contribution in [3.8, 4) is 16.9 Å². The Bertz CT molecular complexity index is 1360. The minimum atomic E-state index is -0.206. The minimum Gasteiger partial charge on any atom is -0.336 e. The number of aromatic nitrogens is 4. The van der Waals surface area contributed by atoms with Crippen molar-refractivity contribution in [2.24, 2.45) is 0 Å². The van der Waals surface area contributed by atoms with Gasteiger partial charge in [0, 0.05) is 37.3 Å². The Morgan fingerprint density at radius 2 is 1.79 bits per heavy atom. The van der Waals surface area contributed by atoms with Crippen molar-refractivity contribution in [1.29, 1.82) is 0 Å². The molecule has 3 heterocycles. The number of aryl methyl sites for hydroxylation is 1. The maximum Gasteiger partial charge on any atom is 0.258 e. The molecule has 0 spiro atoms. The number of H-pyrrole nitrogens is 1. The number of nitrogens with zero attached hydrogens (tertiary/aromatic N) is 5. The first-order valence-corrected chi connectivity index (χ1v) is 11.2. The lowest BCUT2D eigenvalue weighted by Crippen LogP contribution is -2.48. The molecular formula is C25H26N6O2. The number of piperazine rings is 1. The number of amides is 1. The van der Waals surface area contributed by atoms with Crippen molar-refractivity contribution in [1.82, 2.24) is 29.8 Å². The summed E-state index contributed by atoms with van der Waals surface area (Å²) >= 11 is 0. The lowest BCUT2D eigenvalue weighted by molar-refractivity contribution is 0.0643. The summed E-state index contributed by atoms with van der Waals surface area (Å²) in [6.45, 7) is 8.50. The summed E-state index contributed by atoms with van der Waals surface area (Å²) in [5.41, 5.74) is 4.09. The molecule has 0 radical (unpaired) electrons. The van der Waals surface area contributed by atoms with Crippen molar-refractivity contribution in [2.75, 3.05) is 32.7 Å². The highest BCUT2D eigenvalue weighted by Gasteiger charge is 2.21. The van der Waals surface area contributed by atoms with Gasteiger partial charge in [-0.15, -0.1) is 5.10 Å². The third kappa shape index (κ3) is 4.17. The molecule has 2 aromatic heterocycles. The van der Waals surface area contributed by atoms with Gasteiger partial charge < -0.3 is 14.8 Å². The van der Waals surface area contributed by atoms with Crippen LogP contribution in [0.5, 0.6) is 0 Å². The number of likely N-dealkylation sites (N-methyl/N-ethyl adjacent to an activating group) is 1. The van der Waals surface area contributed by atoms with Gasteiger partial charge in [0.15, 0.2) is 0 Å². The van der Waals surface area contributed by atoms with Gasteiger partial charge >= 0.3 is 0 Å². The van der Waals surface area contributed by atoms with E-state index in [0.717, 1.165) is 54.9 Å². The number of benzene rings is 2. The highest BCUT2D eigenvalue weighted by atomic mass is 16.2. The van der Waals surface area contributed by atoms with Gasteiger partial charge in [0.2, 0.25) is 0 Å². The minimum absolute atomic E-state index is 0.0505. The first-order valence-electron chi connectivity index (χ1n) is 11.2. The number of fused-ring (bicyclic) bond motifs is 1. The van der Waals surface area contributed by atoms with Gasteiger partial charge in [-0.05, 0) is 61.3 Å². The van der Waals surface area contributed by atoms with Crippen LogP contribution in [0.4, 0.5) is 0 Å². The van der Waals surface area contributed by atoms with E-state index in [1.54, 1.807) is 10.9 Å². The van der Waals surface area contributed by atoms with Crippen molar-refractivity contribution < 1.29 is 4.79 Å². The van der Waals surface area contributed by atoms with Gasteiger partial charge in [-0.1, -0.05) is 23.8 Å². The molecular weight excluding hydrogens is 416 g/mol. The molecule has 1 fully saturated rings. The molecule has 8 heteroatoms. The molecule has 1 amide bonds. The van der Waals surface area contributed by atoms with E-state index in [2.05, 4.69) is 27.1 Å². The summed E-state index contributed by atoms with van der Waals surface area (Å²) in [7, 11) is 0. The van der Waals surface area contributed by atoms with Crippen LogP contribution in [0.25, 0.3) is 27.8 Å². The molecule has 5 rings (SSSR count). The number of aromatic amines is 1. The molecule has 0 aliphatic carbocycles. The zero-order valence-electron chi connectivity index (χ0n) is 18.8. The van der Waals surface area contributed by atoms with E-state index in [4.69, 9.17) is 0 Å². The third-order valence-electron chi connectivity index (χ3n) is 6.25. The Hall–Kier alpha value is -3.78. The van der Waals surface area contributed by atoms with E-state index >= 15 is 0 Å². The Morgan fingerprint density at radius 3 is 2.52 bits per heavy atom. The Morgan fingerprint density at radius 1 is 1.03 bits per heavy atom. The van der Waals surface area contributed by atoms with Gasteiger partial charge in [-0.3, -0.25) is 9.59 Å². The Kier molecular flexibility index (Phi) is 5.51. The van der Waals surface area contributed by atoms with Crippen molar-refractivity contribution in [3.63, 3.8) is 0 Å². The molecule has 1 saturated heterocycles. The fraction of sp³-hybridized carbons (Fsp3) is 0.280. The summed E-state index contributed by atoms with van der Waals surface area (Å²) < 4.78 is 1.61. The Labute approximate surface area is 191 Å². The van der Waals surface area contributed by atoms with E-state index in [0.29, 0.717) is 16.8 Å². The normalized spacial score (nSPS) is 14.7. The van der Waals surface area contributed by atoms with Gasteiger partial charge in [0.1, 0.15) is 5.69 Å². The lowest BCUT2D eigenvalue weighted by Gasteiger charge is -2.34. The van der Waals surface area contributed by atoms with Crippen LogP contribution in [0.2, 0.25) is 0 Å². The molecule has 0 atom stereocenters. The Balaban J connectivity index is 1.36. The molecule has 4 aromatic rings. The highest BCUT2D eigenvalue weighted by molar-refractivity contribution is 5.94. The van der Waals surface area contributed by atoms with Crippen LogP contribution < -0.4 is 5.56 Å². The molecule has 1 aliphatic heterocycles. The van der Waals surface area contributed by atoms with Crippen LogP contribution in [-0.4, -0.2) is 68.4 Å². The lowest BCUT2D eigenvalue weighted by atomic mass is 10.1. The van der Waals surface area contributed by atoms with Crippen LogP contribution >= 0.6 is 0 Å². The van der Waals surface area contributed by atoms with Crippen LogP contribution in [0, 0.1) is 6.92 Å². The second-order valence-corrected chi connectivity index (χ2v) is 8.42. The SMILES string of the molecule is CCN1CCN(C(=O)c2ccc(-n3cc(-c4cc5cc(C)ccc5[nH]c4=O)nn3)cc2)CC1. The van der Waals surface area contributed by atoms with E-state index in [9.17, 15) is 9.59 Å². The highest BCUT2D eigenvalue weighted by Crippen LogP contribution is 2.20. The van der Waals surface area contributed by atoms with E-state index < -0.39 is 0 Å². The second-order valence-electron chi connectivity index (χ2n) is 8.42. The molecule has 0 bridgehead atoms. The predicted molar refractivity (Wildman–Crippen MR) is 128 cm³/mol. The molecule has 1 N–H and O–H groups in total. The van der Waals surface area contributed by atoms with Crippen LogP contribution in [0.1, 0.15) is 22.8 Å². The fourth-order valence-corrected chi connectivity index (χ4v) is 4.24. The monoisotopic (exact) mass is 442 g/mol. The molecule has 168 valence electrons. The standard InChI is InChI=1S/C25H26N6O2/c1-3-29-10-12-30(13-11-29)25(33)18-5-7-20(8-6-18)31-16-23(27-28-31)21-15-19-14-17(2)4-9-22(19)26-24(21)32/h4-9,14-16H,3,10-13H2,1-2H3,(H,26,32). The van der Waals surface area contributed by atoms with Crippen molar-refractivity contribution in [2.45, 2.75) is 13.8 Å². The summed E-state index contributed by atoms with van der Waals surface area (Å²) in [5, 5.41) is 9.35.